The van der Waals surface area contributed by atoms with E-state index < -0.39 is 15.9 Å². The van der Waals surface area contributed by atoms with Crippen molar-refractivity contribution in [1.82, 2.24) is 4.31 Å². The molecule has 33 heavy (non-hydrogen) atoms. The number of hydrogen-bond donors (Lipinski definition) is 1. The molecule has 0 aromatic heterocycles. The Bertz CT molecular complexity index is 1130. The molecule has 2 saturated heterocycles. The number of carbonyl (C=O) groups excluding carboxylic acids is 2. The van der Waals surface area contributed by atoms with Crippen molar-refractivity contribution in [3.63, 3.8) is 0 Å². The van der Waals surface area contributed by atoms with E-state index in [9.17, 15) is 18.0 Å². The predicted octanol–water partition coefficient (Wildman–Crippen LogP) is 3.72. The quantitative estimate of drug-likeness (QED) is 0.723. The molecular formula is C25H31N3O4S. The Morgan fingerprint density at radius 1 is 1.00 bits per heavy atom. The Kier molecular flexibility index (Phi) is 6.59. The number of rotatable bonds is 5. The largest absolute Gasteiger partial charge is 0.325 e. The number of nitrogens with one attached hydrogen (secondary N) is 1. The monoisotopic (exact) mass is 469 g/mol. The number of aryl methyl sites for hydroxylation is 2. The predicted molar refractivity (Wildman–Crippen MR) is 129 cm³/mol. The van der Waals surface area contributed by atoms with Crippen LogP contribution in [0.2, 0.25) is 0 Å². The molecule has 2 aromatic rings. The van der Waals surface area contributed by atoms with Gasteiger partial charge in [0.25, 0.3) is 0 Å². The minimum absolute atomic E-state index is 0.128. The minimum Gasteiger partial charge on any atom is -0.325 e. The van der Waals surface area contributed by atoms with E-state index in [4.69, 9.17) is 0 Å². The van der Waals surface area contributed by atoms with Crippen LogP contribution in [0.3, 0.4) is 0 Å². The number of nitrogens with zero attached hydrogens (tertiary/aromatic N) is 2. The van der Waals surface area contributed by atoms with Gasteiger partial charge < -0.3 is 10.2 Å². The number of hydrogen-bond acceptors (Lipinski definition) is 4. The van der Waals surface area contributed by atoms with Gasteiger partial charge in [-0.1, -0.05) is 25.1 Å². The van der Waals surface area contributed by atoms with Crippen molar-refractivity contribution >= 4 is 33.2 Å². The lowest BCUT2D eigenvalue weighted by Gasteiger charge is -2.29. The zero-order valence-electron chi connectivity index (χ0n) is 19.4. The van der Waals surface area contributed by atoms with E-state index in [-0.39, 0.29) is 29.7 Å². The molecule has 7 nitrogen and oxygen atoms in total. The summed E-state index contributed by atoms with van der Waals surface area (Å²) in [6.45, 7) is 7.36. The van der Waals surface area contributed by atoms with Crippen LogP contribution in [0.25, 0.3) is 0 Å². The summed E-state index contributed by atoms with van der Waals surface area (Å²) in [4.78, 5) is 27.3. The van der Waals surface area contributed by atoms with Gasteiger partial charge in [0.2, 0.25) is 21.8 Å². The maximum atomic E-state index is 13.0. The Balaban J connectivity index is 1.44. The van der Waals surface area contributed by atoms with E-state index in [0.29, 0.717) is 24.7 Å². The second-order valence-electron chi connectivity index (χ2n) is 9.24. The van der Waals surface area contributed by atoms with Crippen molar-refractivity contribution in [2.45, 2.75) is 44.9 Å². The average Bonchev–Trinajstić information content (AvgIpc) is 3.18. The van der Waals surface area contributed by atoms with Crippen LogP contribution in [-0.4, -0.2) is 44.2 Å². The summed E-state index contributed by atoms with van der Waals surface area (Å²) in [5.74, 6) is -0.241. The van der Waals surface area contributed by atoms with Crippen molar-refractivity contribution in [2.75, 3.05) is 29.9 Å². The van der Waals surface area contributed by atoms with Gasteiger partial charge in [0.05, 0.1) is 10.8 Å². The van der Waals surface area contributed by atoms with Gasteiger partial charge in [-0.05, 0) is 68.0 Å². The minimum atomic E-state index is -3.54. The number of piperidine rings is 1. The van der Waals surface area contributed by atoms with Crippen molar-refractivity contribution in [3.8, 4) is 0 Å². The third kappa shape index (κ3) is 4.82. The van der Waals surface area contributed by atoms with Crippen LogP contribution in [0.15, 0.2) is 47.4 Å². The van der Waals surface area contributed by atoms with E-state index in [1.807, 2.05) is 32.0 Å². The third-order valence-electron chi connectivity index (χ3n) is 6.75. The standard InChI is InChI=1S/C25H31N3O4S/c1-17-11-13-27(14-12-17)33(31,32)22-9-7-21(8-10-22)28-16-20(15-23(28)29)25(30)26-24-18(2)5-4-6-19(24)3/h4-10,17,20H,11-16H2,1-3H3,(H,26,30). The highest BCUT2D eigenvalue weighted by molar-refractivity contribution is 7.89. The fourth-order valence-corrected chi connectivity index (χ4v) is 6.01. The molecule has 0 bridgehead atoms. The Morgan fingerprint density at radius 3 is 2.21 bits per heavy atom. The summed E-state index contributed by atoms with van der Waals surface area (Å²) in [7, 11) is -3.54. The second-order valence-corrected chi connectivity index (χ2v) is 11.2. The van der Waals surface area contributed by atoms with Crippen LogP contribution >= 0.6 is 0 Å². The number of anilines is 2. The lowest BCUT2D eigenvalue weighted by Crippen LogP contribution is -2.37. The summed E-state index contributed by atoms with van der Waals surface area (Å²) >= 11 is 0. The Labute approximate surface area is 195 Å². The zero-order chi connectivity index (χ0) is 23.8. The van der Waals surface area contributed by atoms with Crippen molar-refractivity contribution in [1.29, 1.82) is 0 Å². The normalized spacial score (nSPS) is 20.3. The molecule has 1 unspecified atom stereocenters. The van der Waals surface area contributed by atoms with Gasteiger partial charge in [-0.25, -0.2) is 8.42 Å². The summed E-state index contributed by atoms with van der Waals surface area (Å²) in [5, 5.41) is 2.98. The number of para-hydroxylation sites is 1. The van der Waals surface area contributed by atoms with Gasteiger partial charge >= 0.3 is 0 Å². The topological polar surface area (TPSA) is 86.8 Å². The summed E-state index contributed by atoms with van der Waals surface area (Å²) in [6, 6.07) is 12.2. The molecule has 1 N–H and O–H groups in total. The van der Waals surface area contributed by atoms with Gasteiger partial charge in [-0.3, -0.25) is 9.59 Å². The highest BCUT2D eigenvalue weighted by atomic mass is 32.2. The first kappa shape index (κ1) is 23.4. The van der Waals surface area contributed by atoms with Gasteiger partial charge in [-0.15, -0.1) is 0 Å². The SMILES string of the molecule is Cc1cccc(C)c1NC(=O)C1CC(=O)N(c2ccc(S(=O)(=O)N3CCC(C)CC3)cc2)C1. The Hall–Kier alpha value is -2.71. The molecule has 8 heteroatoms. The van der Waals surface area contributed by atoms with E-state index >= 15 is 0 Å². The summed E-state index contributed by atoms with van der Waals surface area (Å²) in [5.41, 5.74) is 3.35. The van der Waals surface area contributed by atoms with Crippen LogP contribution in [0.5, 0.6) is 0 Å². The number of carbonyl (C=O) groups is 2. The zero-order valence-corrected chi connectivity index (χ0v) is 20.2. The van der Waals surface area contributed by atoms with E-state index in [2.05, 4.69) is 12.2 Å². The van der Waals surface area contributed by atoms with Crippen LogP contribution in [-0.2, 0) is 19.6 Å². The number of amides is 2. The lowest BCUT2D eigenvalue weighted by molar-refractivity contribution is -0.122. The fourth-order valence-electron chi connectivity index (χ4n) is 4.54. The van der Waals surface area contributed by atoms with Crippen LogP contribution in [0.1, 0.15) is 37.3 Å². The highest BCUT2D eigenvalue weighted by Crippen LogP contribution is 2.29. The molecule has 2 aromatic carbocycles. The van der Waals surface area contributed by atoms with Crippen molar-refractivity contribution < 1.29 is 18.0 Å². The van der Waals surface area contributed by atoms with E-state index in [1.165, 1.54) is 4.31 Å². The molecule has 2 aliphatic heterocycles. The molecule has 0 radical (unpaired) electrons. The van der Waals surface area contributed by atoms with Gasteiger partial charge in [0.1, 0.15) is 0 Å². The maximum Gasteiger partial charge on any atom is 0.243 e. The number of benzene rings is 2. The molecule has 0 saturated carbocycles. The molecule has 2 aliphatic rings. The van der Waals surface area contributed by atoms with Gasteiger partial charge in [0, 0.05) is 37.4 Å². The maximum absolute atomic E-state index is 13.0. The first-order valence-corrected chi connectivity index (χ1v) is 12.9. The van der Waals surface area contributed by atoms with Crippen molar-refractivity contribution in [3.05, 3.63) is 53.6 Å². The molecule has 176 valence electrons. The second kappa shape index (κ2) is 9.27. The highest BCUT2D eigenvalue weighted by Gasteiger charge is 2.36. The lowest BCUT2D eigenvalue weighted by atomic mass is 10.0. The fraction of sp³-hybridized carbons (Fsp3) is 0.440. The molecule has 2 fully saturated rings. The van der Waals surface area contributed by atoms with E-state index in [1.54, 1.807) is 29.2 Å². The molecular weight excluding hydrogens is 438 g/mol. The summed E-state index contributed by atoms with van der Waals surface area (Å²) in [6.07, 6.45) is 1.86. The van der Waals surface area contributed by atoms with Crippen molar-refractivity contribution in [2.24, 2.45) is 11.8 Å². The first-order valence-electron chi connectivity index (χ1n) is 11.4. The molecule has 4 rings (SSSR count). The molecule has 2 heterocycles. The number of sulfonamides is 1. The Morgan fingerprint density at radius 2 is 1.61 bits per heavy atom. The third-order valence-corrected chi connectivity index (χ3v) is 8.67. The molecule has 0 aliphatic carbocycles. The van der Waals surface area contributed by atoms with Gasteiger partial charge in [0.15, 0.2) is 0 Å². The summed E-state index contributed by atoms with van der Waals surface area (Å²) < 4.78 is 27.4. The average molecular weight is 470 g/mol. The molecule has 2 amide bonds. The molecule has 1 atom stereocenters. The first-order chi connectivity index (χ1) is 15.7. The van der Waals surface area contributed by atoms with Gasteiger partial charge in [-0.2, -0.15) is 4.31 Å². The van der Waals surface area contributed by atoms with Crippen LogP contribution in [0.4, 0.5) is 11.4 Å². The van der Waals surface area contributed by atoms with E-state index in [0.717, 1.165) is 29.7 Å². The molecule has 0 spiro atoms. The smallest absolute Gasteiger partial charge is 0.243 e. The van der Waals surface area contributed by atoms with Crippen LogP contribution < -0.4 is 10.2 Å². The van der Waals surface area contributed by atoms with Crippen LogP contribution in [0, 0.1) is 25.7 Å².